The molecule has 0 saturated heterocycles. The Morgan fingerprint density at radius 3 is 2.45 bits per heavy atom. The van der Waals surface area contributed by atoms with Gasteiger partial charge >= 0.3 is 5.97 Å². The zero-order chi connectivity index (χ0) is 15.3. The average molecular weight is 279 g/mol. The van der Waals surface area contributed by atoms with Gasteiger partial charge in [-0.15, -0.1) is 0 Å². The van der Waals surface area contributed by atoms with Gasteiger partial charge in [-0.1, -0.05) is 6.07 Å². The fraction of sp³-hybridized carbons (Fsp3) is 0.467. The molecule has 0 aliphatic heterocycles. The lowest BCUT2D eigenvalue weighted by atomic mass is 10.2. The summed E-state index contributed by atoms with van der Waals surface area (Å²) in [7, 11) is 0. The number of esters is 1. The van der Waals surface area contributed by atoms with Crippen molar-refractivity contribution < 1.29 is 19.1 Å². The van der Waals surface area contributed by atoms with E-state index in [1.807, 2.05) is 0 Å². The number of nitrogens with one attached hydrogen (secondary N) is 1. The number of anilines is 1. The van der Waals surface area contributed by atoms with E-state index in [4.69, 9.17) is 9.47 Å². The highest BCUT2D eigenvalue weighted by Crippen LogP contribution is 2.19. The molecule has 0 heterocycles. The van der Waals surface area contributed by atoms with E-state index in [1.54, 1.807) is 52.0 Å². The SMILES string of the molecule is CC(=O)Nc1cccc(OC(C)C(=O)OC(C)(C)C)c1. The van der Waals surface area contributed by atoms with Crippen molar-refractivity contribution in [2.24, 2.45) is 0 Å². The summed E-state index contributed by atoms with van der Waals surface area (Å²) in [4.78, 5) is 22.8. The predicted molar refractivity (Wildman–Crippen MR) is 76.7 cm³/mol. The predicted octanol–water partition coefficient (Wildman–Crippen LogP) is 2.75. The highest BCUT2D eigenvalue weighted by molar-refractivity contribution is 5.88. The van der Waals surface area contributed by atoms with Crippen LogP contribution in [0.15, 0.2) is 24.3 Å². The van der Waals surface area contributed by atoms with Crippen LogP contribution in [0.25, 0.3) is 0 Å². The molecule has 0 aliphatic carbocycles. The van der Waals surface area contributed by atoms with E-state index in [9.17, 15) is 9.59 Å². The van der Waals surface area contributed by atoms with Crippen molar-refractivity contribution >= 4 is 17.6 Å². The maximum Gasteiger partial charge on any atom is 0.347 e. The molecule has 0 aliphatic rings. The Labute approximate surface area is 119 Å². The Morgan fingerprint density at radius 2 is 1.90 bits per heavy atom. The summed E-state index contributed by atoms with van der Waals surface area (Å²) in [5.41, 5.74) is 0.0682. The van der Waals surface area contributed by atoms with Crippen LogP contribution in [0.3, 0.4) is 0 Å². The number of hydrogen-bond acceptors (Lipinski definition) is 4. The number of rotatable bonds is 4. The van der Waals surface area contributed by atoms with Gasteiger partial charge in [0, 0.05) is 18.7 Å². The lowest BCUT2D eigenvalue weighted by Gasteiger charge is -2.22. The maximum atomic E-state index is 11.8. The van der Waals surface area contributed by atoms with E-state index in [-0.39, 0.29) is 5.91 Å². The maximum absolute atomic E-state index is 11.8. The number of benzene rings is 1. The quantitative estimate of drug-likeness (QED) is 0.861. The Kier molecular flexibility index (Phi) is 5.13. The first kappa shape index (κ1) is 16.0. The van der Waals surface area contributed by atoms with Crippen molar-refractivity contribution in [2.75, 3.05) is 5.32 Å². The first-order chi connectivity index (χ1) is 9.17. The fourth-order valence-electron chi connectivity index (χ4n) is 1.49. The number of amides is 1. The van der Waals surface area contributed by atoms with E-state index >= 15 is 0 Å². The second kappa shape index (κ2) is 6.41. The smallest absolute Gasteiger partial charge is 0.347 e. The van der Waals surface area contributed by atoms with Gasteiger partial charge in [0.25, 0.3) is 0 Å². The minimum absolute atomic E-state index is 0.164. The monoisotopic (exact) mass is 279 g/mol. The summed E-state index contributed by atoms with van der Waals surface area (Å²) < 4.78 is 10.8. The van der Waals surface area contributed by atoms with Gasteiger partial charge in [0.05, 0.1) is 0 Å². The van der Waals surface area contributed by atoms with Crippen LogP contribution in [-0.4, -0.2) is 23.6 Å². The van der Waals surface area contributed by atoms with Gasteiger partial charge in [-0.3, -0.25) is 4.79 Å². The molecule has 0 radical (unpaired) electrons. The van der Waals surface area contributed by atoms with Gasteiger partial charge in [0.1, 0.15) is 11.4 Å². The van der Waals surface area contributed by atoms with E-state index < -0.39 is 17.7 Å². The molecule has 1 N–H and O–H groups in total. The lowest BCUT2D eigenvalue weighted by Crippen LogP contribution is -2.33. The van der Waals surface area contributed by atoms with Crippen molar-refractivity contribution in [3.8, 4) is 5.75 Å². The van der Waals surface area contributed by atoms with Crippen molar-refractivity contribution in [1.29, 1.82) is 0 Å². The average Bonchev–Trinajstić information content (AvgIpc) is 2.26. The van der Waals surface area contributed by atoms with Crippen LogP contribution in [0.4, 0.5) is 5.69 Å². The van der Waals surface area contributed by atoms with Crippen molar-refractivity contribution in [3.05, 3.63) is 24.3 Å². The minimum Gasteiger partial charge on any atom is -0.479 e. The van der Waals surface area contributed by atoms with Crippen molar-refractivity contribution in [1.82, 2.24) is 0 Å². The summed E-state index contributed by atoms with van der Waals surface area (Å²) in [6, 6.07) is 6.85. The van der Waals surface area contributed by atoms with Gasteiger partial charge in [0.15, 0.2) is 6.10 Å². The fourth-order valence-corrected chi connectivity index (χ4v) is 1.49. The molecule has 0 spiro atoms. The van der Waals surface area contributed by atoms with E-state index in [1.165, 1.54) is 6.92 Å². The molecule has 5 nitrogen and oxygen atoms in total. The van der Waals surface area contributed by atoms with Crippen molar-refractivity contribution in [2.45, 2.75) is 46.3 Å². The summed E-state index contributed by atoms with van der Waals surface area (Å²) >= 11 is 0. The molecule has 110 valence electrons. The molecule has 1 aromatic carbocycles. The Hall–Kier alpha value is -2.04. The van der Waals surface area contributed by atoms with Crippen molar-refractivity contribution in [3.63, 3.8) is 0 Å². The molecule has 0 saturated carbocycles. The van der Waals surface area contributed by atoms with Gasteiger partial charge in [-0.05, 0) is 39.8 Å². The Bertz CT molecular complexity index is 491. The van der Waals surface area contributed by atoms with Crippen LogP contribution >= 0.6 is 0 Å². The molecule has 5 heteroatoms. The molecular formula is C15H21NO4. The van der Waals surface area contributed by atoms with Crippen LogP contribution in [0.1, 0.15) is 34.6 Å². The molecule has 0 bridgehead atoms. The standard InChI is InChI=1S/C15H21NO4/c1-10(14(18)20-15(3,4)5)19-13-8-6-7-12(9-13)16-11(2)17/h6-10H,1-5H3,(H,16,17). The normalized spacial score (nSPS) is 12.4. The molecule has 1 aromatic rings. The lowest BCUT2D eigenvalue weighted by molar-refractivity contribution is -0.162. The van der Waals surface area contributed by atoms with E-state index in [0.717, 1.165) is 0 Å². The molecule has 1 atom stereocenters. The van der Waals surface area contributed by atoms with Crippen LogP contribution in [0.5, 0.6) is 5.75 Å². The van der Waals surface area contributed by atoms with Gasteiger partial charge in [-0.2, -0.15) is 0 Å². The molecule has 1 unspecified atom stereocenters. The van der Waals surface area contributed by atoms with Crippen LogP contribution in [-0.2, 0) is 14.3 Å². The third-order valence-corrected chi connectivity index (χ3v) is 2.21. The molecule has 20 heavy (non-hydrogen) atoms. The molecule has 0 fully saturated rings. The number of ether oxygens (including phenoxy) is 2. The summed E-state index contributed by atoms with van der Waals surface area (Å²) in [6.07, 6.45) is -0.721. The molecular weight excluding hydrogens is 258 g/mol. The highest BCUT2D eigenvalue weighted by Gasteiger charge is 2.23. The summed E-state index contributed by atoms with van der Waals surface area (Å²) in [5, 5.41) is 2.65. The third kappa shape index (κ3) is 5.73. The zero-order valence-corrected chi connectivity index (χ0v) is 12.5. The van der Waals surface area contributed by atoms with Crippen LogP contribution < -0.4 is 10.1 Å². The zero-order valence-electron chi connectivity index (χ0n) is 12.5. The first-order valence-corrected chi connectivity index (χ1v) is 6.44. The Balaban J connectivity index is 2.68. The Morgan fingerprint density at radius 1 is 1.25 bits per heavy atom. The third-order valence-electron chi connectivity index (χ3n) is 2.21. The number of hydrogen-bond donors (Lipinski definition) is 1. The van der Waals surface area contributed by atoms with E-state index in [0.29, 0.717) is 11.4 Å². The summed E-state index contributed by atoms with van der Waals surface area (Å²) in [6.45, 7) is 8.45. The highest BCUT2D eigenvalue weighted by atomic mass is 16.6. The van der Waals surface area contributed by atoms with Crippen LogP contribution in [0.2, 0.25) is 0 Å². The minimum atomic E-state index is -0.721. The van der Waals surface area contributed by atoms with E-state index in [2.05, 4.69) is 5.32 Å². The first-order valence-electron chi connectivity index (χ1n) is 6.44. The van der Waals surface area contributed by atoms with Gasteiger partial charge < -0.3 is 14.8 Å². The second-order valence-corrected chi connectivity index (χ2v) is 5.50. The molecule has 0 aromatic heterocycles. The summed E-state index contributed by atoms with van der Waals surface area (Å²) in [5.74, 6) is -0.0978. The van der Waals surface area contributed by atoms with Gasteiger partial charge in [0.2, 0.25) is 5.91 Å². The topological polar surface area (TPSA) is 64.6 Å². The number of carbonyl (C=O) groups excluding carboxylic acids is 2. The van der Waals surface area contributed by atoms with Crippen LogP contribution in [0, 0.1) is 0 Å². The molecule has 1 amide bonds. The van der Waals surface area contributed by atoms with Gasteiger partial charge in [-0.25, -0.2) is 4.79 Å². The number of carbonyl (C=O) groups is 2. The largest absolute Gasteiger partial charge is 0.479 e. The second-order valence-electron chi connectivity index (χ2n) is 5.50. The molecule has 1 rings (SSSR count).